The molecule has 1 aromatic heterocycles. The van der Waals surface area contributed by atoms with Crippen molar-refractivity contribution in [1.29, 1.82) is 0 Å². The van der Waals surface area contributed by atoms with Crippen molar-refractivity contribution >= 4 is 34.8 Å². The third-order valence-corrected chi connectivity index (χ3v) is 4.24. The van der Waals surface area contributed by atoms with Crippen molar-refractivity contribution in [3.8, 4) is 5.75 Å². The van der Waals surface area contributed by atoms with Crippen LogP contribution in [0.2, 0.25) is 5.02 Å². The summed E-state index contributed by atoms with van der Waals surface area (Å²) in [6.07, 6.45) is 1.71. The maximum absolute atomic E-state index is 5.93. The lowest BCUT2D eigenvalue weighted by Gasteiger charge is -2.09. The number of nitrogens with zero attached hydrogens (tertiary/aromatic N) is 2. The fourth-order valence-electron chi connectivity index (χ4n) is 2.63. The molecule has 5 nitrogen and oxygen atoms in total. The van der Waals surface area contributed by atoms with Crippen molar-refractivity contribution in [2.24, 2.45) is 5.10 Å². The number of hydrogen-bond donors (Lipinski definition) is 2. The number of benzene rings is 3. The van der Waals surface area contributed by atoms with E-state index < -0.39 is 0 Å². The molecule has 0 saturated carbocycles. The highest BCUT2D eigenvalue weighted by molar-refractivity contribution is 6.30. The average Bonchev–Trinajstić information content (AvgIpc) is 3.11. The number of nitrogens with one attached hydrogen (secondary N) is 2. The predicted molar refractivity (Wildman–Crippen MR) is 110 cm³/mol. The highest BCUT2D eigenvalue weighted by Crippen LogP contribution is 2.19. The number of fused-ring (bicyclic) bond motifs is 1. The maximum Gasteiger partial charge on any atom is 0.222 e. The van der Waals surface area contributed by atoms with Crippen LogP contribution in [0.3, 0.4) is 0 Å². The number of rotatable bonds is 6. The Morgan fingerprint density at radius 1 is 1.00 bits per heavy atom. The number of ether oxygens (including phenoxy) is 1. The third-order valence-electron chi connectivity index (χ3n) is 3.99. The summed E-state index contributed by atoms with van der Waals surface area (Å²) in [4.78, 5) is 7.60. The van der Waals surface area contributed by atoms with Crippen molar-refractivity contribution in [2.75, 3.05) is 5.43 Å². The number of imidazole rings is 1. The molecule has 6 heteroatoms. The second-order valence-corrected chi connectivity index (χ2v) is 6.36. The van der Waals surface area contributed by atoms with Gasteiger partial charge in [-0.25, -0.2) is 10.4 Å². The Bertz CT molecular complexity index is 1040. The molecule has 4 aromatic rings. The number of aromatic nitrogens is 2. The van der Waals surface area contributed by atoms with Crippen LogP contribution in [0.4, 0.5) is 5.95 Å². The van der Waals surface area contributed by atoms with E-state index in [2.05, 4.69) is 20.5 Å². The Labute approximate surface area is 161 Å². The van der Waals surface area contributed by atoms with Crippen molar-refractivity contribution in [2.45, 2.75) is 6.61 Å². The zero-order chi connectivity index (χ0) is 18.5. The van der Waals surface area contributed by atoms with E-state index in [0.717, 1.165) is 27.9 Å². The fraction of sp³-hybridized carbons (Fsp3) is 0.0476. The van der Waals surface area contributed by atoms with E-state index in [9.17, 15) is 0 Å². The van der Waals surface area contributed by atoms with Crippen LogP contribution in [-0.2, 0) is 6.61 Å². The van der Waals surface area contributed by atoms with Gasteiger partial charge in [0.15, 0.2) is 0 Å². The molecule has 0 atom stereocenters. The van der Waals surface area contributed by atoms with E-state index in [4.69, 9.17) is 16.3 Å². The molecular formula is C21H17ClN4O. The topological polar surface area (TPSA) is 62.3 Å². The summed E-state index contributed by atoms with van der Waals surface area (Å²) in [5.41, 5.74) is 6.69. The minimum Gasteiger partial charge on any atom is -0.488 e. The van der Waals surface area contributed by atoms with Crippen LogP contribution in [-0.4, -0.2) is 16.2 Å². The van der Waals surface area contributed by atoms with Gasteiger partial charge in [0, 0.05) is 10.6 Å². The van der Waals surface area contributed by atoms with Crippen LogP contribution >= 0.6 is 11.6 Å². The SMILES string of the molecule is Clc1ccc(COc2ccccc2/C=N\Nc2nc3ccccc3[nH]2)cc1. The Morgan fingerprint density at radius 3 is 2.63 bits per heavy atom. The predicted octanol–water partition coefficient (Wildman–Crippen LogP) is 5.24. The number of para-hydroxylation sites is 3. The van der Waals surface area contributed by atoms with Crippen molar-refractivity contribution in [1.82, 2.24) is 9.97 Å². The number of aromatic amines is 1. The molecule has 0 radical (unpaired) electrons. The molecule has 0 fully saturated rings. The first-order chi connectivity index (χ1) is 13.3. The molecule has 3 aromatic carbocycles. The van der Waals surface area contributed by atoms with E-state index >= 15 is 0 Å². The highest BCUT2D eigenvalue weighted by atomic mass is 35.5. The second kappa shape index (κ2) is 7.93. The maximum atomic E-state index is 5.93. The second-order valence-electron chi connectivity index (χ2n) is 5.93. The van der Waals surface area contributed by atoms with Gasteiger partial charge in [-0.15, -0.1) is 0 Å². The van der Waals surface area contributed by atoms with Gasteiger partial charge in [-0.05, 0) is 42.0 Å². The molecule has 2 N–H and O–H groups in total. The number of hydrogen-bond acceptors (Lipinski definition) is 4. The van der Waals surface area contributed by atoms with E-state index in [-0.39, 0.29) is 0 Å². The third kappa shape index (κ3) is 4.27. The Kier molecular flexibility index (Phi) is 5.03. The molecular weight excluding hydrogens is 360 g/mol. The van der Waals surface area contributed by atoms with E-state index in [1.165, 1.54) is 0 Å². The molecule has 0 bridgehead atoms. The molecule has 0 saturated heterocycles. The number of H-pyrrole nitrogens is 1. The molecule has 134 valence electrons. The molecule has 4 rings (SSSR count). The lowest BCUT2D eigenvalue weighted by molar-refractivity contribution is 0.306. The van der Waals surface area contributed by atoms with Crippen molar-refractivity contribution in [3.05, 3.63) is 88.9 Å². The molecule has 0 unspecified atom stereocenters. The van der Waals surface area contributed by atoms with Crippen LogP contribution in [0.15, 0.2) is 77.9 Å². The summed E-state index contributed by atoms with van der Waals surface area (Å²) in [6, 6.07) is 23.2. The monoisotopic (exact) mass is 376 g/mol. The smallest absolute Gasteiger partial charge is 0.222 e. The van der Waals surface area contributed by atoms with Gasteiger partial charge in [0.2, 0.25) is 5.95 Å². The van der Waals surface area contributed by atoms with E-state index in [0.29, 0.717) is 17.6 Å². The minimum atomic E-state index is 0.457. The first-order valence-electron chi connectivity index (χ1n) is 8.48. The Morgan fingerprint density at radius 2 is 1.78 bits per heavy atom. The van der Waals surface area contributed by atoms with Crippen LogP contribution < -0.4 is 10.2 Å². The Balaban J connectivity index is 1.43. The number of hydrazone groups is 1. The van der Waals surface area contributed by atoms with Gasteiger partial charge in [-0.2, -0.15) is 5.10 Å². The van der Waals surface area contributed by atoms with Crippen LogP contribution in [0, 0.1) is 0 Å². The normalized spacial score (nSPS) is 11.1. The largest absolute Gasteiger partial charge is 0.488 e. The summed E-state index contributed by atoms with van der Waals surface area (Å²) in [6.45, 7) is 0.457. The van der Waals surface area contributed by atoms with Crippen LogP contribution in [0.5, 0.6) is 5.75 Å². The molecule has 0 amide bonds. The molecule has 27 heavy (non-hydrogen) atoms. The highest BCUT2D eigenvalue weighted by Gasteiger charge is 2.03. The molecule has 0 aliphatic heterocycles. The molecule has 1 heterocycles. The van der Waals surface area contributed by atoms with E-state index in [1.807, 2.05) is 72.8 Å². The van der Waals surface area contributed by atoms with Crippen LogP contribution in [0.25, 0.3) is 11.0 Å². The van der Waals surface area contributed by atoms with Gasteiger partial charge in [0.25, 0.3) is 0 Å². The van der Waals surface area contributed by atoms with Crippen molar-refractivity contribution in [3.63, 3.8) is 0 Å². The summed E-state index contributed by atoms with van der Waals surface area (Å²) in [7, 11) is 0. The summed E-state index contributed by atoms with van der Waals surface area (Å²) < 4.78 is 5.93. The lowest BCUT2D eigenvalue weighted by atomic mass is 10.2. The van der Waals surface area contributed by atoms with Crippen molar-refractivity contribution < 1.29 is 4.74 Å². The lowest BCUT2D eigenvalue weighted by Crippen LogP contribution is -1.99. The van der Waals surface area contributed by atoms with Gasteiger partial charge in [-0.3, -0.25) is 0 Å². The summed E-state index contributed by atoms with van der Waals surface area (Å²) >= 11 is 5.91. The molecule has 0 aliphatic carbocycles. The van der Waals surface area contributed by atoms with Gasteiger partial charge >= 0.3 is 0 Å². The zero-order valence-electron chi connectivity index (χ0n) is 14.4. The Hall–Kier alpha value is -3.31. The zero-order valence-corrected chi connectivity index (χ0v) is 15.1. The van der Waals surface area contributed by atoms with Crippen LogP contribution in [0.1, 0.15) is 11.1 Å². The molecule has 0 spiro atoms. The standard InChI is InChI=1S/C21H17ClN4O/c22-17-11-9-15(10-12-17)14-27-20-8-4-1-5-16(20)13-23-26-21-24-18-6-2-3-7-19(18)25-21/h1-13H,14H2,(H2,24,25,26)/b23-13-. The number of halogens is 1. The van der Waals surface area contributed by atoms with Gasteiger partial charge in [-0.1, -0.05) is 48.0 Å². The summed E-state index contributed by atoms with van der Waals surface area (Å²) in [5, 5.41) is 4.98. The quantitative estimate of drug-likeness (QED) is 0.357. The fourth-order valence-corrected chi connectivity index (χ4v) is 2.76. The number of anilines is 1. The molecule has 0 aliphatic rings. The first-order valence-corrected chi connectivity index (χ1v) is 8.86. The minimum absolute atomic E-state index is 0.457. The first kappa shape index (κ1) is 17.1. The van der Waals surface area contributed by atoms with Gasteiger partial charge in [0.1, 0.15) is 12.4 Å². The van der Waals surface area contributed by atoms with Gasteiger partial charge in [0.05, 0.1) is 17.2 Å². The average molecular weight is 377 g/mol. The summed E-state index contributed by atoms with van der Waals surface area (Å²) in [5.74, 6) is 1.34. The van der Waals surface area contributed by atoms with Gasteiger partial charge < -0.3 is 9.72 Å². The van der Waals surface area contributed by atoms with E-state index in [1.54, 1.807) is 6.21 Å².